The Balaban J connectivity index is 0.991. The van der Waals surface area contributed by atoms with Crippen LogP contribution in [0.4, 0.5) is 11.4 Å². The number of anilines is 1. The average molecular weight is 828 g/mol. The quantitative estimate of drug-likeness (QED) is 0.178. The van der Waals surface area contributed by atoms with Gasteiger partial charge in [-0.2, -0.15) is 0 Å². The van der Waals surface area contributed by atoms with Crippen LogP contribution in [0.1, 0.15) is 17.2 Å². The molecule has 0 saturated carbocycles. The van der Waals surface area contributed by atoms with E-state index in [0.717, 1.165) is 33.9 Å². The Morgan fingerprint density at radius 3 is 1.65 bits per heavy atom. The number of aromatic nitrogens is 1. The smallest absolute Gasteiger partial charge is 0.0953 e. The molecule has 0 saturated heterocycles. The number of hydrogen-bond acceptors (Lipinski definition) is 2. The highest BCUT2D eigenvalue weighted by molar-refractivity contribution is 6.29. The van der Waals surface area contributed by atoms with E-state index in [2.05, 4.69) is 246 Å². The molecule has 0 aliphatic carbocycles. The van der Waals surface area contributed by atoms with Crippen LogP contribution < -0.4 is 5.32 Å². The van der Waals surface area contributed by atoms with Gasteiger partial charge in [0.25, 0.3) is 0 Å². The Hall–Kier alpha value is -8.53. The summed E-state index contributed by atoms with van der Waals surface area (Å²) in [4.78, 5) is 5.46. The second kappa shape index (κ2) is 15.1. The van der Waals surface area contributed by atoms with Gasteiger partial charge in [0.2, 0.25) is 0 Å². The molecule has 3 heteroatoms. The van der Waals surface area contributed by atoms with Gasteiger partial charge in [-0.1, -0.05) is 194 Å². The van der Waals surface area contributed by atoms with Crippen molar-refractivity contribution >= 4 is 71.2 Å². The van der Waals surface area contributed by atoms with E-state index in [1.807, 2.05) is 0 Å². The zero-order valence-electron chi connectivity index (χ0n) is 35.5. The first-order valence-corrected chi connectivity index (χ1v) is 22.4. The monoisotopic (exact) mass is 827 g/mol. The van der Waals surface area contributed by atoms with Crippen LogP contribution in [0.25, 0.3) is 93.2 Å². The van der Waals surface area contributed by atoms with Crippen LogP contribution in [0.2, 0.25) is 0 Å². The number of nitrogens with one attached hydrogen (secondary N) is 1. The molecule has 1 N–H and O–H groups in total. The molecule has 2 heterocycles. The van der Waals surface area contributed by atoms with Crippen LogP contribution in [0, 0.1) is 0 Å². The summed E-state index contributed by atoms with van der Waals surface area (Å²) in [5, 5.41) is 13.9. The minimum atomic E-state index is -0.206. The maximum Gasteiger partial charge on any atom is 0.0953 e. The van der Waals surface area contributed by atoms with Crippen molar-refractivity contribution in [2.24, 2.45) is 4.99 Å². The van der Waals surface area contributed by atoms with E-state index in [9.17, 15) is 0 Å². The molecule has 0 spiro atoms. The van der Waals surface area contributed by atoms with Gasteiger partial charge in [-0.05, 0) is 114 Å². The second-order valence-electron chi connectivity index (χ2n) is 17.1. The normalized spacial score (nSPS) is 13.6. The fraction of sp³-hybridized carbons (Fsp3) is 0.0161. The molecule has 0 bridgehead atoms. The molecule has 11 aromatic carbocycles. The molecular weight excluding hydrogens is 787 g/mol. The summed E-state index contributed by atoms with van der Waals surface area (Å²) >= 11 is 0. The van der Waals surface area contributed by atoms with Crippen LogP contribution in [0.15, 0.2) is 242 Å². The molecule has 1 aromatic heterocycles. The van der Waals surface area contributed by atoms with Gasteiger partial charge in [-0.25, -0.2) is 4.99 Å². The first kappa shape index (κ1) is 37.1. The highest BCUT2D eigenvalue weighted by Gasteiger charge is 2.28. The molecule has 13 rings (SSSR count). The number of fused-ring (bicyclic) bond motifs is 9. The molecule has 3 nitrogen and oxygen atoms in total. The van der Waals surface area contributed by atoms with Gasteiger partial charge in [-0.15, -0.1) is 0 Å². The highest BCUT2D eigenvalue weighted by atomic mass is 15.0. The van der Waals surface area contributed by atoms with Gasteiger partial charge in [0.1, 0.15) is 0 Å². The lowest BCUT2D eigenvalue weighted by Gasteiger charge is -2.29. The number of benzene rings is 11. The number of aliphatic imine (C=N–C) groups is 1. The summed E-state index contributed by atoms with van der Waals surface area (Å²) < 4.78 is 2.50. The lowest BCUT2D eigenvalue weighted by molar-refractivity contribution is 1.02. The third-order valence-electron chi connectivity index (χ3n) is 13.4. The van der Waals surface area contributed by atoms with Gasteiger partial charge < -0.3 is 9.88 Å². The van der Waals surface area contributed by atoms with E-state index >= 15 is 0 Å². The maximum absolute atomic E-state index is 5.46. The minimum absolute atomic E-state index is 0.206. The van der Waals surface area contributed by atoms with Crippen molar-refractivity contribution in [2.75, 3.05) is 5.32 Å². The van der Waals surface area contributed by atoms with Gasteiger partial charge in [-0.3, -0.25) is 0 Å². The van der Waals surface area contributed by atoms with Crippen molar-refractivity contribution in [3.8, 4) is 39.1 Å². The van der Waals surface area contributed by atoms with E-state index in [1.165, 1.54) is 87.5 Å². The van der Waals surface area contributed by atoms with Crippen LogP contribution >= 0.6 is 0 Å². The van der Waals surface area contributed by atoms with Gasteiger partial charge >= 0.3 is 0 Å². The Morgan fingerprint density at radius 2 is 0.877 bits per heavy atom. The topological polar surface area (TPSA) is 29.3 Å². The van der Waals surface area contributed by atoms with Crippen LogP contribution in [-0.2, 0) is 0 Å². The van der Waals surface area contributed by atoms with Crippen molar-refractivity contribution < 1.29 is 0 Å². The molecular formula is C62H41N3. The zero-order valence-corrected chi connectivity index (χ0v) is 35.5. The van der Waals surface area contributed by atoms with Gasteiger partial charge in [0, 0.05) is 16.2 Å². The van der Waals surface area contributed by atoms with Crippen molar-refractivity contribution in [3.05, 3.63) is 248 Å². The SMILES string of the molecule is c1ccc(-c2ccc(-c3cccc(C4=Nc5ccccc5NC4c4ccc(-n5c6ccc7ccccc7c6c6c7cc(-c8ccccc8)ccc7ccc65)c5ccccc45)c3)cc2)cc1. The van der Waals surface area contributed by atoms with Crippen LogP contribution in [-0.4, -0.2) is 10.3 Å². The van der Waals surface area contributed by atoms with Gasteiger partial charge in [0.15, 0.2) is 0 Å². The van der Waals surface area contributed by atoms with Crippen LogP contribution in [0.5, 0.6) is 0 Å². The van der Waals surface area contributed by atoms with Crippen molar-refractivity contribution in [2.45, 2.75) is 6.04 Å². The largest absolute Gasteiger partial charge is 0.371 e. The Morgan fingerprint density at radius 1 is 0.354 bits per heavy atom. The van der Waals surface area contributed by atoms with Crippen molar-refractivity contribution in [3.63, 3.8) is 0 Å². The minimum Gasteiger partial charge on any atom is -0.371 e. The number of rotatable bonds is 6. The average Bonchev–Trinajstić information content (AvgIpc) is 3.73. The summed E-state index contributed by atoms with van der Waals surface area (Å²) in [6, 6.07) is 85.7. The first-order chi connectivity index (χ1) is 32.2. The Kier molecular flexibility index (Phi) is 8.60. The highest BCUT2D eigenvalue weighted by Crippen LogP contribution is 2.45. The fourth-order valence-corrected chi connectivity index (χ4v) is 10.3. The first-order valence-electron chi connectivity index (χ1n) is 22.4. The molecule has 0 fully saturated rings. The molecule has 1 aliphatic rings. The molecule has 304 valence electrons. The molecule has 12 aromatic rings. The third kappa shape index (κ3) is 6.16. The van der Waals surface area contributed by atoms with E-state index < -0.39 is 0 Å². The zero-order chi connectivity index (χ0) is 42.8. The predicted octanol–water partition coefficient (Wildman–Crippen LogP) is 16.5. The number of nitrogens with zero attached hydrogens (tertiary/aromatic N) is 2. The summed E-state index contributed by atoms with van der Waals surface area (Å²) in [5.74, 6) is 0. The molecule has 1 aliphatic heterocycles. The lowest BCUT2D eigenvalue weighted by Crippen LogP contribution is -2.25. The van der Waals surface area contributed by atoms with E-state index in [4.69, 9.17) is 4.99 Å². The Bertz CT molecular complexity index is 3840. The molecule has 65 heavy (non-hydrogen) atoms. The van der Waals surface area contributed by atoms with Crippen molar-refractivity contribution in [1.82, 2.24) is 4.57 Å². The summed E-state index contributed by atoms with van der Waals surface area (Å²) in [6.45, 7) is 0. The fourth-order valence-electron chi connectivity index (χ4n) is 10.3. The van der Waals surface area contributed by atoms with Gasteiger partial charge in [0.05, 0.1) is 39.8 Å². The maximum atomic E-state index is 5.46. The summed E-state index contributed by atoms with van der Waals surface area (Å²) in [6.07, 6.45) is 0. The van der Waals surface area contributed by atoms with E-state index in [0.29, 0.717) is 0 Å². The predicted molar refractivity (Wildman–Crippen MR) is 275 cm³/mol. The van der Waals surface area contributed by atoms with Crippen LogP contribution in [0.3, 0.4) is 0 Å². The summed E-state index contributed by atoms with van der Waals surface area (Å²) in [7, 11) is 0. The second-order valence-corrected chi connectivity index (χ2v) is 17.1. The number of hydrogen-bond donors (Lipinski definition) is 1. The van der Waals surface area contributed by atoms with E-state index in [1.54, 1.807) is 0 Å². The van der Waals surface area contributed by atoms with E-state index in [-0.39, 0.29) is 6.04 Å². The summed E-state index contributed by atoms with van der Waals surface area (Å²) in [5.41, 5.74) is 15.9. The number of para-hydroxylation sites is 2. The molecule has 1 atom stereocenters. The lowest BCUT2D eigenvalue weighted by atomic mass is 9.89. The standard InChI is InChI=1S/C62H41N3/c1-3-14-40(15-4-1)42-26-28-43(29-27-42)46-19-13-20-48(38-46)61-62(64-55-25-12-11-24-54(55)63-61)52-34-37-56(51-23-10-9-22-50(51)52)65-57-35-32-44-18-7-8-21-49(44)59(57)60-53-39-47(41-16-5-2-6-17-41)31-30-45(53)33-36-58(60)65/h1-39,62,64H. The third-order valence-corrected chi connectivity index (χ3v) is 13.4. The molecule has 0 amide bonds. The van der Waals surface area contributed by atoms with Crippen molar-refractivity contribution in [1.29, 1.82) is 0 Å². The molecule has 1 unspecified atom stereocenters. The molecule has 0 radical (unpaired) electrons. The Labute approximate surface area is 377 Å².